The van der Waals surface area contributed by atoms with E-state index in [1.165, 1.54) is 0 Å². The molecule has 1 fully saturated rings. The van der Waals surface area contributed by atoms with Crippen LogP contribution in [0.25, 0.3) is 0 Å². The molecule has 0 radical (unpaired) electrons. The molecule has 1 saturated heterocycles. The third-order valence-corrected chi connectivity index (χ3v) is 6.88. The number of likely N-dealkylation sites (tertiary alicyclic amines) is 1. The first-order chi connectivity index (χ1) is 12.7. The molecule has 1 atom stereocenters. The van der Waals surface area contributed by atoms with Crippen molar-refractivity contribution < 1.29 is 17.6 Å². The summed E-state index contributed by atoms with van der Waals surface area (Å²) in [7, 11) is -3.47. The van der Waals surface area contributed by atoms with Gasteiger partial charge in [-0.15, -0.1) is 0 Å². The summed E-state index contributed by atoms with van der Waals surface area (Å²) < 4.78 is 30.6. The molecule has 6 heteroatoms. The zero-order valence-electron chi connectivity index (χ0n) is 16.1. The lowest BCUT2D eigenvalue weighted by Crippen LogP contribution is -2.30. The SMILES string of the molecule is CC(C)(C)c1ccc(S(=O)(=O)CCC(=O)N2CCC(c3ccco3)C2)cc1. The Hall–Kier alpha value is -2.08. The average Bonchev–Trinajstić information content (AvgIpc) is 3.30. The normalized spacial score (nSPS) is 18.0. The number of carbonyl (C=O) groups excluding carboxylic acids is 1. The van der Waals surface area contributed by atoms with Crippen LogP contribution < -0.4 is 0 Å². The molecule has 27 heavy (non-hydrogen) atoms. The monoisotopic (exact) mass is 389 g/mol. The minimum Gasteiger partial charge on any atom is -0.469 e. The van der Waals surface area contributed by atoms with Crippen LogP contribution >= 0.6 is 0 Å². The fourth-order valence-electron chi connectivity index (χ4n) is 3.40. The van der Waals surface area contributed by atoms with Crippen molar-refractivity contribution >= 4 is 15.7 Å². The number of sulfone groups is 1. The van der Waals surface area contributed by atoms with Crippen LogP contribution in [0.4, 0.5) is 0 Å². The number of benzene rings is 1. The summed E-state index contributed by atoms with van der Waals surface area (Å²) in [6.45, 7) is 7.49. The smallest absolute Gasteiger partial charge is 0.223 e. The van der Waals surface area contributed by atoms with Crippen LogP contribution in [0.5, 0.6) is 0 Å². The van der Waals surface area contributed by atoms with E-state index < -0.39 is 9.84 Å². The molecule has 0 N–H and O–H groups in total. The second kappa shape index (κ2) is 7.50. The minimum atomic E-state index is -3.47. The maximum Gasteiger partial charge on any atom is 0.223 e. The first-order valence-corrected chi connectivity index (χ1v) is 11.0. The van der Waals surface area contributed by atoms with Crippen LogP contribution in [-0.2, 0) is 20.0 Å². The topological polar surface area (TPSA) is 67.6 Å². The molecule has 1 aliphatic heterocycles. The summed E-state index contributed by atoms with van der Waals surface area (Å²) >= 11 is 0. The van der Waals surface area contributed by atoms with Crippen molar-refractivity contribution in [1.82, 2.24) is 4.90 Å². The molecule has 1 aliphatic rings. The van der Waals surface area contributed by atoms with Crippen molar-refractivity contribution in [3.05, 3.63) is 54.0 Å². The van der Waals surface area contributed by atoms with Gasteiger partial charge in [-0.05, 0) is 41.7 Å². The van der Waals surface area contributed by atoms with E-state index >= 15 is 0 Å². The maximum absolute atomic E-state index is 12.6. The predicted octanol–water partition coefficient (Wildman–Crippen LogP) is 3.76. The van der Waals surface area contributed by atoms with Gasteiger partial charge in [-0.2, -0.15) is 0 Å². The van der Waals surface area contributed by atoms with Gasteiger partial charge in [-0.1, -0.05) is 32.9 Å². The van der Waals surface area contributed by atoms with Crippen molar-refractivity contribution in [2.24, 2.45) is 0 Å². The van der Waals surface area contributed by atoms with Gasteiger partial charge in [0.05, 0.1) is 16.9 Å². The van der Waals surface area contributed by atoms with Gasteiger partial charge in [0.1, 0.15) is 5.76 Å². The number of rotatable bonds is 5. The predicted molar refractivity (Wildman–Crippen MR) is 104 cm³/mol. The van der Waals surface area contributed by atoms with Gasteiger partial charge in [0.25, 0.3) is 0 Å². The summed E-state index contributed by atoms with van der Waals surface area (Å²) in [6, 6.07) is 10.8. The molecule has 5 nitrogen and oxygen atoms in total. The van der Waals surface area contributed by atoms with E-state index in [0.717, 1.165) is 17.7 Å². The van der Waals surface area contributed by atoms with Gasteiger partial charge < -0.3 is 9.32 Å². The van der Waals surface area contributed by atoms with Gasteiger partial charge >= 0.3 is 0 Å². The fourth-order valence-corrected chi connectivity index (χ4v) is 4.63. The highest BCUT2D eigenvalue weighted by atomic mass is 32.2. The molecule has 1 aromatic heterocycles. The van der Waals surface area contributed by atoms with Gasteiger partial charge in [0, 0.05) is 25.4 Å². The standard InChI is InChI=1S/C21H27NO4S/c1-21(2,3)17-6-8-18(9-7-17)27(24,25)14-11-20(23)22-12-10-16(15-22)19-5-4-13-26-19/h4-9,13,16H,10-12,14-15H2,1-3H3. The Kier molecular flexibility index (Phi) is 5.47. The second-order valence-electron chi connectivity index (χ2n) is 8.18. The molecule has 1 unspecified atom stereocenters. The van der Waals surface area contributed by atoms with Crippen molar-refractivity contribution in [3.8, 4) is 0 Å². The van der Waals surface area contributed by atoms with E-state index in [1.807, 2.05) is 24.3 Å². The number of hydrogen-bond acceptors (Lipinski definition) is 4. The number of amides is 1. The van der Waals surface area contributed by atoms with Crippen LogP contribution in [0.2, 0.25) is 0 Å². The lowest BCUT2D eigenvalue weighted by Gasteiger charge is -2.19. The highest BCUT2D eigenvalue weighted by Crippen LogP contribution is 2.28. The van der Waals surface area contributed by atoms with Gasteiger partial charge in [0.15, 0.2) is 9.84 Å². The van der Waals surface area contributed by atoms with E-state index in [-0.39, 0.29) is 34.3 Å². The number of carbonyl (C=O) groups is 1. The lowest BCUT2D eigenvalue weighted by atomic mass is 9.87. The average molecular weight is 390 g/mol. The van der Waals surface area contributed by atoms with E-state index in [2.05, 4.69) is 20.8 Å². The highest BCUT2D eigenvalue weighted by molar-refractivity contribution is 7.91. The molecule has 0 bridgehead atoms. The Morgan fingerprint density at radius 2 is 1.89 bits per heavy atom. The molecular formula is C21H27NO4S. The number of furan rings is 1. The first-order valence-electron chi connectivity index (χ1n) is 9.31. The largest absolute Gasteiger partial charge is 0.469 e. The summed E-state index contributed by atoms with van der Waals surface area (Å²) in [5.41, 5.74) is 1.05. The molecule has 0 saturated carbocycles. The molecule has 146 valence electrons. The van der Waals surface area contributed by atoms with Crippen molar-refractivity contribution in [2.45, 2.75) is 49.8 Å². The van der Waals surface area contributed by atoms with E-state index in [4.69, 9.17) is 4.42 Å². The lowest BCUT2D eigenvalue weighted by molar-refractivity contribution is -0.129. The van der Waals surface area contributed by atoms with Crippen LogP contribution in [0.15, 0.2) is 52.0 Å². The summed E-state index contributed by atoms with van der Waals surface area (Å²) in [5, 5.41) is 0. The Morgan fingerprint density at radius 3 is 2.48 bits per heavy atom. The summed E-state index contributed by atoms with van der Waals surface area (Å²) in [5.74, 6) is 0.809. The molecule has 2 aromatic rings. The van der Waals surface area contributed by atoms with Crippen LogP contribution in [-0.4, -0.2) is 38.1 Å². The molecule has 0 aliphatic carbocycles. The van der Waals surface area contributed by atoms with E-state index in [0.29, 0.717) is 13.1 Å². The number of hydrogen-bond donors (Lipinski definition) is 0. The molecule has 0 spiro atoms. The van der Waals surface area contributed by atoms with E-state index in [1.54, 1.807) is 23.3 Å². The number of nitrogens with zero attached hydrogens (tertiary/aromatic N) is 1. The second-order valence-corrected chi connectivity index (χ2v) is 10.3. The maximum atomic E-state index is 12.6. The zero-order valence-corrected chi connectivity index (χ0v) is 17.0. The van der Waals surface area contributed by atoms with Crippen molar-refractivity contribution in [3.63, 3.8) is 0 Å². The van der Waals surface area contributed by atoms with Crippen molar-refractivity contribution in [1.29, 1.82) is 0 Å². The molecule has 1 aromatic carbocycles. The van der Waals surface area contributed by atoms with Crippen molar-refractivity contribution in [2.75, 3.05) is 18.8 Å². The van der Waals surface area contributed by atoms with E-state index in [9.17, 15) is 13.2 Å². The highest BCUT2D eigenvalue weighted by Gasteiger charge is 2.29. The Labute approximate surface area is 161 Å². The summed E-state index contributed by atoms with van der Waals surface area (Å²) in [6.07, 6.45) is 2.49. The first kappa shape index (κ1) is 19.7. The molecule has 2 heterocycles. The van der Waals surface area contributed by atoms with Crippen LogP contribution in [0, 0.1) is 0 Å². The minimum absolute atomic E-state index is 0.00817. The molecule has 3 rings (SSSR count). The van der Waals surface area contributed by atoms with Crippen LogP contribution in [0.1, 0.15) is 50.9 Å². The Balaban J connectivity index is 1.58. The van der Waals surface area contributed by atoms with Gasteiger partial charge in [0.2, 0.25) is 5.91 Å². The van der Waals surface area contributed by atoms with Crippen LogP contribution in [0.3, 0.4) is 0 Å². The third kappa shape index (κ3) is 4.61. The quantitative estimate of drug-likeness (QED) is 0.781. The molecular weight excluding hydrogens is 362 g/mol. The Bertz CT molecular complexity index is 877. The summed E-state index contributed by atoms with van der Waals surface area (Å²) in [4.78, 5) is 14.5. The third-order valence-electron chi connectivity index (χ3n) is 5.15. The Morgan fingerprint density at radius 1 is 1.19 bits per heavy atom. The fraction of sp³-hybridized carbons (Fsp3) is 0.476. The molecule has 1 amide bonds. The van der Waals surface area contributed by atoms with Gasteiger partial charge in [-0.25, -0.2) is 8.42 Å². The van der Waals surface area contributed by atoms with Gasteiger partial charge in [-0.3, -0.25) is 4.79 Å². The zero-order chi connectivity index (χ0) is 19.7.